The number of carbonyl (C=O) groups is 1. The normalized spacial score (nSPS) is 12.3. The Bertz CT molecular complexity index is 682. The largest absolute Gasteiger partial charge is 0.354 e. The van der Waals surface area contributed by atoms with Crippen LogP contribution in [0.25, 0.3) is 10.9 Å². The van der Waals surface area contributed by atoms with Crippen LogP contribution >= 0.6 is 0 Å². The maximum atomic E-state index is 12.2. The summed E-state index contributed by atoms with van der Waals surface area (Å²) >= 11 is 0. The van der Waals surface area contributed by atoms with Crippen molar-refractivity contribution in [3.8, 4) is 0 Å². The fourth-order valence-electron chi connectivity index (χ4n) is 1.83. The summed E-state index contributed by atoms with van der Waals surface area (Å²) in [6, 6.07) is 7.23. The van der Waals surface area contributed by atoms with E-state index in [0.717, 1.165) is 0 Å². The van der Waals surface area contributed by atoms with Crippen LogP contribution in [0.2, 0.25) is 0 Å². The summed E-state index contributed by atoms with van der Waals surface area (Å²) in [5.41, 5.74) is 0.336. The number of aryl methyl sites for hydroxylation is 1. The fourth-order valence-corrected chi connectivity index (χ4v) is 1.83. The average molecular weight is 289 g/mol. The maximum absolute atomic E-state index is 12.2. The van der Waals surface area contributed by atoms with E-state index in [9.17, 15) is 9.59 Å². The Hall–Kier alpha value is -2.28. The zero-order valence-corrected chi connectivity index (χ0v) is 12.2. The van der Waals surface area contributed by atoms with Crippen molar-refractivity contribution in [1.82, 2.24) is 25.6 Å². The lowest BCUT2D eigenvalue weighted by Gasteiger charge is -2.11. The molecule has 0 radical (unpaired) electrons. The molecule has 2 aromatic rings. The van der Waals surface area contributed by atoms with Gasteiger partial charge in [-0.2, -0.15) is 0 Å². The Morgan fingerprint density at radius 1 is 1.38 bits per heavy atom. The quantitative estimate of drug-likeness (QED) is 0.775. The molecule has 0 bridgehead atoms. The van der Waals surface area contributed by atoms with Crippen molar-refractivity contribution in [2.45, 2.75) is 25.9 Å². The number of fused-ring (bicyclic) bond motifs is 1. The van der Waals surface area contributed by atoms with Crippen molar-refractivity contribution in [2.75, 3.05) is 13.6 Å². The molecule has 2 rings (SSSR count). The van der Waals surface area contributed by atoms with Crippen LogP contribution < -0.4 is 16.2 Å². The van der Waals surface area contributed by atoms with Crippen LogP contribution in [-0.2, 0) is 11.3 Å². The number of rotatable bonds is 6. The molecule has 1 unspecified atom stereocenters. The van der Waals surface area contributed by atoms with E-state index in [1.807, 2.05) is 14.0 Å². The summed E-state index contributed by atoms with van der Waals surface area (Å²) < 4.78 is 1.23. The Morgan fingerprint density at radius 3 is 2.90 bits per heavy atom. The number of amides is 1. The Balaban J connectivity index is 1.99. The molecule has 7 nitrogen and oxygen atoms in total. The molecule has 112 valence electrons. The van der Waals surface area contributed by atoms with Gasteiger partial charge in [0, 0.05) is 19.0 Å². The zero-order chi connectivity index (χ0) is 15.2. The summed E-state index contributed by atoms with van der Waals surface area (Å²) in [5.74, 6) is -0.112. The number of nitrogens with one attached hydrogen (secondary N) is 2. The van der Waals surface area contributed by atoms with E-state index in [1.54, 1.807) is 24.3 Å². The van der Waals surface area contributed by atoms with E-state index in [4.69, 9.17) is 0 Å². The third-order valence-electron chi connectivity index (χ3n) is 3.28. The van der Waals surface area contributed by atoms with Crippen molar-refractivity contribution in [2.24, 2.45) is 0 Å². The number of nitrogens with zero attached hydrogens (tertiary/aromatic N) is 3. The molecule has 0 aliphatic rings. The molecule has 0 fully saturated rings. The van der Waals surface area contributed by atoms with E-state index in [1.165, 1.54) is 4.68 Å². The molecule has 1 amide bonds. The number of carbonyl (C=O) groups excluding carboxylic acids is 1. The summed E-state index contributed by atoms with van der Waals surface area (Å²) in [6.45, 7) is 2.74. The number of hydrogen-bond acceptors (Lipinski definition) is 5. The highest BCUT2D eigenvalue weighted by molar-refractivity contribution is 5.77. The number of likely N-dealkylation sites (N-methyl/N-ethyl adjacent to an activating group) is 1. The maximum Gasteiger partial charge on any atom is 0.277 e. The molecule has 1 aromatic heterocycles. The lowest BCUT2D eigenvalue weighted by Crippen LogP contribution is -2.38. The lowest BCUT2D eigenvalue weighted by molar-refractivity contribution is -0.121. The van der Waals surface area contributed by atoms with Crippen molar-refractivity contribution in [1.29, 1.82) is 0 Å². The van der Waals surface area contributed by atoms with Crippen LogP contribution in [0.1, 0.15) is 13.3 Å². The van der Waals surface area contributed by atoms with Gasteiger partial charge < -0.3 is 10.6 Å². The molecule has 0 saturated carbocycles. The van der Waals surface area contributed by atoms with Crippen LogP contribution in [0.3, 0.4) is 0 Å². The molecular formula is C14H19N5O2. The highest BCUT2D eigenvalue weighted by Crippen LogP contribution is 2.03. The summed E-state index contributed by atoms with van der Waals surface area (Å²) in [5, 5.41) is 14.2. The molecule has 1 heterocycles. The second-order valence-electron chi connectivity index (χ2n) is 4.88. The van der Waals surface area contributed by atoms with Gasteiger partial charge in [0.05, 0.1) is 11.9 Å². The number of hydrogen-bond donors (Lipinski definition) is 2. The minimum absolute atomic E-state index is 0.112. The van der Waals surface area contributed by atoms with Gasteiger partial charge in [0.15, 0.2) is 0 Å². The molecule has 7 heteroatoms. The number of aromatic nitrogens is 3. The first-order valence-electron chi connectivity index (χ1n) is 6.88. The first-order valence-corrected chi connectivity index (χ1v) is 6.88. The van der Waals surface area contributed by atoms with Crippen molar-refractivity contribution in [3.63, 3.8) is 0 Å². The van der Waals surface area contributed by atoms with E-state index >= 15 is 0 Å². The van der Waals surface area contributed by atoms with Gasteiger partial charge >= 0.3 is 0 Å². The van der Waals surface area contributed by atoms with Gasteiger partial charge in [-0.3, -0.25) is 9.59 Å². The van der Waals surface area contributed by atoms with Crippen LogP contribution in [-0.4, -0.2) is 40.5 Å². The van der Waals surface area contributed by atoms with Crippen molar-refractivity contribution in [3.05, 3.63) is 34.6 Å². The lowest BCUT2D eigenvalue weighted by atomic mass is 10.2. The molecule has 0 aliphatic carbocycles. The Morgan fingerprint density at radius 2 is 2.14 bits per heavy atom. The van der Waals surface area contributed by atoms with E-state index in [2.05, 4.69) is 20.9 Å². The van der Waals surface area contributed by atoms with Gasteiger partial charge in [-0.1, -0.05) is 17.3 Å². The standard InChI is InChI=1S/C14H19N5O2/c1-10(15-2)9-16-13(20)7-8-19-14(21)11-5-3-4-6-12(11)17-18-19/h3-6,10,15H,7-9H2,1-2H3,(H,16,20). The average Bonchev–Trinajstić information content (AvgIpc) is 2.52. The van der Waals surface area contributed by atoms with Gasteiger partial charge in [-0.05, 0) is 26.1 Å². The van der Waals surface area contributed by atoms with Crippen LogP contribution in [0, 0.1) is 0 Å². The third kappa shape index (κ3) is 3.85. The molecule has 0 spiro atoms. The van der Waals surface area contributed by atoms with E-state index < -0.39 is 0 Å². The predicted molar refractivity (Wildman–Crippen MR) is 79.9 cm³/mol. The molecular weight excluding hydrogens is 270 g/mol. The molecule has 2 N–H and O–H groups in total. The van der Waals surface area contributed by atoms with Gasteiger partial charge in [0.25, 0.3) is 5.56 Å². The minimum Gasteiger partial charge on any atom is -0.354 e. The summed E-state index contributed by atoms with van der Waals surface area (Å²) in [4.78, 5) is 23.9. The summed E-state index contributed by atoms with van der Waals surface area (Å²) in [7, 11) is 1.83. The van der Waals surface area contributed by atoms with Crippen LogP contribution in [0.5, 0.6) is 0 Å². The SMILES string of the molecule is CNC(C)CNC(=O)CCn1nnc2ccccc2c1=O. The van der Waals surface area contributed by atoms with Crippen molar-refractivity contribution >= 4 is 16.8 Å². The first kappa shape index (κ1) is 15.1. The van der Waals surface area contributed by atoms with E-state index in [-0.39, 0.29) is 30.5 Å². The van der Waals surface area contributed by atoms with Gasteiger partial charge in [0.2, 0.25) is 5.91 Å². The monoisotopic (exact) mass is 289 g/mol. The van der Waals surface area contributed by atoms with Crippen LogP contribution in [0.4, 0.5) is 0 Å². The predicted octanol–water partition coefficient (Wildman–Crippen LogP) is -0.0943. The Kier molecular flexibility index (Phi) is 4.99. The summed E-state index contributed by atoms with van der Waals surface area (Å²) in [6.07, 6.45) is 0.198. The van der Waals surface area contributed by atoms with Gasteiger partial charge in [-0.15, -0.1) is 5.10 Å². The second-order valence-corrected chi connectivity index (χ2v) is 4.88. The molecule has 1 atom stereocenters. The van der Waals surface area contributed by atoms with Crippen LogP contribution in [0.15, 0.2) is 29.1 Å². The molecule has 0 saturated heterocycles. The van der Waals surface area contributed by atoms with Crippen molar-refractivity contribution < 1.29 is 4.79 Å². The molecule has 1 aromatic carbocycles. The number of benzene rings is 1. The second kappa shape index (κ2) is 6.94. The fraction of sp³-hybridized carbons (Fsp3) is 0.429. The zero-order valence-electron chi connectivity index (χ0n) is 12.2. The highest BCUT2D eigenvalue weighted by atomic mass is 16.2. The highest BCUT2D eigenvalue weighted by Gasteiger charge is 2.08. The topological polar surface area (TPSA) is 88.9 Å². The molecule has 0 aliphatic heterocycles. The minimum atomic E-state index is -0.225. The third-order valence-corrected chi connectivity index (χ3v) is 3.28. The van der Waals surface area contributed by atoms with E-state index in [0.29, 0.717) is 17.4 Å². The van der Waals surface area contributed by atoms with Gasteiger partial charge in [-0.25, -0.2) is 4.68 Å². The first-order chi connectivity index (χ1) is 10.1. The Labute approximate surface area is 122 Å². The van der Waals surface area contributed by atoms with Gasteiger partial charge in [0.1, 0.15) is 5.52 Å². The molecule has 21 heavy (non-hydrogen) atoms. The smallest absolute Gasteiger partial charge is 0.277 e.